The summed E-state index contributed by atoms with van der Waals surface area (Å²) in [6, 6.07) is 22.8. The van der Waals surface area contributed by atoms with Crippen molar-refractivity contribution >= 4 is 57.8 Å². The molecule has 0 unspecified atom stereocenters. The maximum absolute atomic E-state index is 13.1. The second kappa shape index (κ2) is 10.3. The minimum atomic E-state index is -0.556. The van der Waals surface area contributed by atoms with Crippen LogP contribution in [0.2, 0.25) is 5.02 Å². The van der Waals surface area contributed by atoms with Gasteiger partial charge in [0.25, 0.3) is 11.5 Å². The van der Waals surface area contributed by atoms with E-state index in [-0.39, 0.29) is 16.8 Å². The van der Waals surface area contributed by atoms with Crippen LogP contribution >= 0.6 is 23.4 Å². The van der Waals surface area contributed by atoms with Crippen molar-refractivity contribution in [1.82, 2.24) is 9.55 Å². The fourth-order valence-electron chi connectivity index (χ4n) is 3.07. The van der Waals surface area contributed by atoms with Crippen molar-refractivity contribution in [3.63, 3.8) is 0 Å². The van der Waals surface area contributed by atoms with Gasteiger partial charge in [0, 0.05) is 16.8 Å². The molecule has 4 rings (SSSR count). The summed E-state index contributed by atoms with van der Waals surface area (Å²) in [6.07, 6.45) is 2.89. The first kappa shape index (κ1) is 22.5. The molecule has 1 amide bonds. The predicted octanol–water partition coefficient (Wildman–Crippen LogP) is 5.13. The van der Waals surface area contributed by atoms with Crippen molar-refractivity contribution in [2.75, 3.05) is 11.1 Å². The summed E-state index contributed by atoms with van der Waals surface area (Å²) < 4.78 is 0.995. The molecule has 0 aliphatic rings. The first-order valence-electron chi connectivity index (χ1n) is 9.99. The molecule has 1 N–H and O–H groups in total. The minimum absolute atomic E-state index is 0.0200. The highest BCUT2D eigenvalue weighted by atomic mass is 35.5. The van der Waals surface area contributed by atoms with E-state index >= 15 is 0 Å². The number of fused-ring (bicyclic) bond motifs is 1. The van der Waals surface area contributed by atoms with Gasteiger partial charge in [-0.15, -0.1) is 0 Å². The van der Waals surface area contributed by atoms with Crippen molar-refractivity contribution in [2.24, 2.45) is 0 Å². The third-order valence-corrected chi connectivity index (χ3v) is 5.83. The zero-order valence-electron chi connectivity index (χ0n) is 17.3. The van der Waals surface area contributed by atoms with Gasteiger partial charge >= 0.3 is 0 Å². The van der Waals surface area contributed by atoms with E-state index in [2.05, 4.69) is 10.3 Å². The fourth-order valence-corrected chi connectivity index (χ4v) is 3.99. The van der Waals surface area contributed by atoms with E-state index in [9.17, 15) is 14.4 Å². The number of hydrogen-bond acceptors (Lipinski definition) is 5. The largest absolute Gasteiger partial charge is 0.325 e. The Morgan fingerprint density at radius 2 is 1.67 bits per heavy atom. The molecular formula is C25H18ClN3O3S. The van der Waals surface area contributed by atoms with Gasteiger partial charge in [-0.25, -0.2) is 9.55 Å². The molecule has 33 heavy (non-hydrogen) atoms. The first-order chi connectivity index (χ1) is 16.0. The van der Waals surface area contributed by atoms with Crippen LogP contribution in [0.3, 0.4) is 0 Å². The van der Waals surface area contributed by atoms with Crippen molar-refractivity contribution in [1.29, 1.82) is 0 Å². The van der Waals surface area contributed by atoms with Crippen molar-refractivity contribution in [3.05, 3.63) is 106 Å². The zero-order valence-corrected chi connectivity index (χ0v) is 18.8. The smallest absolute Gasteiger partial charge is 0.269 e. The predicted molar refractivity (Wildman–Crippen MR) is 133 cm³/mol. The van der Waals surface area contributed by atoms with E-state index in [4.69, 9.17) is 11.6 Å². The quantitative estimate of drug-likeness (QED) is 0.237. The average molecular weight is 476 g/mol. The molecule has 0 bridgehead atoms. The molecular weight excluding hydrogens is 458 g/mol. The van der Waals surface area contributed by atoms with Crippen LogP contribution in [-0.2, 0) is 4.79 Å². The van der Waals surface area contributed by atoms with Crippen molar-refractivity contribution in [2.45, 2.75) is 5.16 Å². The summed E-state index contributed by atoms with van der Waals surface area (Å²) in [7, 11) is 0. The number of carbonyl (C=O) groups is 2. The summed E-state index contributed by atoms with van der Waals surface area (Å²) in [4.78, 5) is 43.0. The molecule has 0 atom stereocenters. The number of thioether (sulfide) groups is 1. The molecule has 1 aromatic heterocycles. The molecule has 0 fully saturated rings. The van der Waals surface area contributed by atoms with E-state index in [0.717, 1.165) is 21.9 Å². The summed E-state index contributed by atoms with van der Waals surface area (Å²) in [5, 5.41) is 3.83. The fraction of sp³-hybridized carbons (Fsp3) is 0.0400. The minimum Gasteiger partial charge on any atom is -0.325 e. The lowest BCUT2D eigenvalue weighted by Crippen LogP contribution is -2.28. The number of hydrogen-bond donors (Lipinski definition) is 1. The maximum Gasteiger partial charge on any atom is 0.269 e. The number of anilines is 1. The van der Waals surface area contributed by atoms with Crippen LogP contribution in [0.25, 0.3) is 17.0 Å². The Kier molecular flexibility index (Phi) is 7.02. The van der Waals surface area contributed by atoms with Gasteiger partial charge in [0.2, 0.25) is 5.91 Å². The number of nitrogens with one attached hydrogen (secondary N) is 1. The molecule has 0 aliphatic carbocycles. The molecule has 8 heteroatoms. The number of halogens is 1. The zero-order chi connectivity index (χ0) is 23.2. The van der Waals surface area contributed by atoms with E-state index in [1.165, 1.54) is 6.08 Å². The standard InChI is InChI=1S/C25H18ClN3O3S/c26-18-13-10-17(11-14-18)12-15-23(31)29-24(32)20-8-4-5-9-21(20)28-25(29)33-16-22(30)27-19-6-2-1-3-7-19/h1-15H,16H2,(H,27,30)/b15-12+. The van der Waals surface area contributed by atoms with E-state index in [1.54, 1.807) is 66.7 Å². The highest BCUT2D eigenvalue weighted by Crippen LogP contribution is 2.19. The molecule has 164 valence electrons. The van der Waals surface area contributed by atoms with Crippen molar-refractivity contribution in [3.8, 4) is 0 Å². The number of allylic oxidation sites excluding steroid dienone is 1. The van der Waals surface area contributed by atoms with Crippen LogP contribution < -0.4 is 10.9 Å². The third-order valence-electron chi connectivity index (χ3n) is 4.64. The van der Waals surface area contributed by atoms with E-state index in [0.29, 0.717) is 21.6 Å². The summed E-state index contributed by atoms with van der Waals surface area (Å²) in [5.74, 6) is -0.850. The van der Waals surface area contributed by atoms with Gasteiger partial charge in [0.15, 0.2) is 5.16 Å². The van der Waals surface area contributed by atoms with Gasteiger partial charge in [-0.1, -0.05) is 65.8 Å². The molecule has 0 saturated heterocycles. The van der Waals surface area contributed by atoms with Crippen LogP contribution in [0, 0.1) is 0 Å². The number of carbonyl (C=O) groups excluding carboxylic acids is 2. The lowest BCUT2D eigenvalue weighted by molar-refractivity contribution is -0.113. The number of aromatic nitrogens is 2. The average Bonchev–Trinajstić information content (AvgIpc) is 2.83. The second-order valence-corrected chi connectivity index (χ2v) is 8.36. The van der Waals surface area contributed by atoms with Crippen molar-refractivity contribution < 1.29 is 9.59 Å². The Bertz CT molecular complexity index is 1400. The van der Waals surface area contributed by atoms with E-state index < -0.39 is 11.5 Å². The van der Waals surface area contributed by atoms with Gasteiger partial charge in [-0.05, 0) is 48.0 Å². The maximum atomic E-state index is 13.1. The van der Waals surface area contributed by atoms with Gasteiger partial charge < -0.3 is 5.32 Å². The van der Waals surface area contributed by atoms with E-state index in [1.807, 2.05) is 18.2 Å². The van der Waals surface area contributed by atoms with Crippen LogP contribution in [0.4, 0.5) is 5.69 Å². The lowest BCUT2D eigenvalue weighted by Gasteiger charge is -2.10. The molecule has 1 heterocycles. The summed E-state index contributed by atoms with van der Waals surface area (Å²) in [5.41, 5.74) is 1.39. The second-order valence-electron chi connectivity index (χ2n) is 6.98. The molecule has 6 nitrogen and oxygen atoms in total. The molecule has 0 saturated carbocycles. The molecule has 3 aromatic carbocycles. The van der Waals surface area contributed by atoms with Crippen LogP contribution in [0.5, 0.6) is 0 Å². The number of nitrogens with zero attached hydrogens (tertiary/aromatic N) is 2. The van der Waals surface area contributed by atoms with Gasteiger partial charge in [-0.3, -0.25) is 14.4 Å². The van der Waals surface area contributed by atoms with Crippen LogP contribution in [-0.4, -0.2) is 27.1 Å². The molecule has 0 aliphatic heterocycles. The lowest BCUT2D eigenvalue weighted by atomic mass is 10.2. The Balaban J connectivity index is 1.62. The Hall–Kier alpha value is -3.68. The summed E-state index contributed by atoms with van der Waals surface area (Å²) in [6.45, 7) is 0. The Morgan fingerprint density at radius 1 is 0.970 bits per heavy atom. The van der Waals surface area contributed by atoms with Gasteiger partial charge in [0.1, 0.15) is 0 Å². The van der Waals surface area contributed by atoms with Crippen LogP contribution in [0.15, 0.2) is 94.9 Å². The monoisotopic (exact) mass is 475 g/mol. The number of rotatable bonds is 6. The first-order valence-corrected chi connectivity index (χ1v) is 11.3. The number of benzene rings is 3. The van der Waals surface area contributed by atoms with Crippen LogP contribution in [0.1, 0.15) is 10.4 Å². The third kappa shape index (κ3) is 5.58. The topological polar surface area (TPSA) is 81.1 Å². The Morgan fingerprint density at radius 3 is 2.42 bits per heavy atom. The number of para-hydroxylation sites is 2. The SMILES string of the molecule is O=C(CSc1nc2ccccc2c(=O)n1C(=O)/C=C/c1ccc(Cl)cc1)Nc1ccccc1. The normalized spacial score (nSPS) is 11.1. The Labute approximate surface area is 198 Å². The highest BCUT2D eigenvalue weighted by Gasteiger charge is 2.17. The van der Waals surface area contributed by atoms with Gasteiger partial charge in [0.05, 0.1) is 16.7 Å². The summed E-state index contributed by atoms with van der Waals surface area (Å²) >= 11 is 6.92. The molecule has 4 aromatic rings. The molecule has 0 spiro atoms. The number of amides is 1. The van der Waals surface area contributed by atoms with Gasteiger partial charge in [-0.2, -0.15) is 0 Å². The highest BCUT2D eigenvalue weighted by molar-refractivity contribution is 7.99. The molecule has 0 radical (unpaired) electrons.